The highest BCUT2D eigenvalue weighted by molar-refractivity contribution is 7.99. The Morgan fingerprint density at radius 3 is 2.38 bits per heavy atom. The summed E-state index contributed by atoms with van der Waals surface area (Å²) in [6, 6.07) is 12.0. The predicted octanol–water partition coefficient (Wildman–Crippen LogP) is 5.26. The summed E-state index contributed by atoms with van der Waals surface area (Å²) in [5, 5.41) is 0. The number of benzene rings is 2. The molecule has 0 aliphatic carbocycles. The van der Waals surface area contributed by atoms with Crippen molar-refractivity contribution in [3.05, 3.63) is 48.0 Å². The van der Waals surface area contributed by atoms with Crippen LogP contribution in [0.4, 0.5) is 24.5 Å². The molecule has 2 nitrogen and oxygen atoms in total. The van der Waals surface area contributed by atoms with Crippen molar-refractivity contribution in [3.8, 4) is 0 Å². The van der Waals surface area contributed by atoms with Gasteiger partial charge >= 0.3 is 6.18 Å². The third-order valence-corrected chi connectivity index (χ3v) is 5.41. The zero-order valence-electron chi connectivity index (χ0n) is 13.8. The number of nitrogens with zero attached hydrogens (tertiary/aromatic N) is 2. The van der Waals surface area contributed by atoms with Crippen molar-refractivity contribution in [2.45, 2.75) is 28.9 Å². The molecule has 0 spiro atoms. The van der Waals surface area contributed by atoms with E-state index in [1.807, 2.05) is 43.3 Å². The summed E-state index contributed by atoms with van der Waals surface area (Å²) in [4.78, 5) is 5.99. The number of halogens is 3. The minimum absolute atomic E-state index is 0.198. The number of para-hydroxylation sites is 1. The third-order valence-electron chi connectivity index (χ3n) is 4.28. The Morgan fingerprint density at radius 2 is 1.71 bits per heavy atom. The van der Waals surface area contributed by atoms with E-state index in [0.717, 1.165) is 21.5 Å². The van der Waals surface area contributed by atoms with Crippen LogP contribution >= 0.6 is 11.8 Å². The van der Waals surface area contributed by atoms with Crippen molar-refractivity contribution in [3.63, 3.8) is 0 Å². The highest BCUT2D eigenvalue weighted by Gasteiger charge is 2.33. The molecule has 6 heteroatoms. The maximum Gasteiger partial charge on any atom is 0.416 e. The second-order valence-corrected chi connectivity index (χ2v) is 7.26. The first-order chi connectivity index (χ1) is 11.3. The molecule has 24 heavy (non-hydrogen) atoms. The molecule has 1 aliphatic rings. The second kappa shape index (κ2) is 6.33. The van der Waals surface area contributed by atoms with Crippen LogP contribution in [0, 0.1) is 0 Å². The summed E-state index contributed by atoms with van der Waals surface area (Å²) in [6.45, 7) is 2.69. The largest absolute Gasteiger partial charge is 0.416 e. The van der Waals surface area contributed by atoms with E-state index < -0.39 is 11.7 Å². The molecule has 128 valence electrons. The fourth-order valence-electron chi connectivity index (χ4n) is 2.63. The van der Waals surface area contributed by atoms with Gasteiger partial charge in [-0.1, -0.05) is 23.9 Å². The first-order valence-electron chi connectivity index (χ1n) is 7.69. The highest BCUT2D eigenvalue weighted by Crippen LogP contribution is 2.49. The SMILES string of the molecule is C[C@H](CN1c2ccccc2Sc2ccc(C(F)(F)F)cc21)N(C)C. The van der Waals surface area contributed by atoms with Crippen LogP contribution in [0.2, 0.25) is 0 Å². The van der Waals surface area contributed by atoms with E-state index in [1.165, 1.54) is 17.8 Å². The molecule has 0 bridgehead atoms. The van der Waals surface area contributed by atoms with Crippen LogP contribution in [0.1, 0.15) is 12.5 Å². The van der Waals surface area contributed by atoms with Crippen molar-refractivity contribution in [1.29, 1.82) is 0 Å². The molecule has 1 heterocycles. The molecule has 0 saturated carbocycles. The average Bonchev–Trinajstić information content (AvgIpc) is 2.53. The second-order valence-electron chi connectivity index (χ2n) is 6.17. The van der Waals surface area contributed by atoms with Crippen molar-refractivity contribution >= 4 is 23.1 Å². The summed E-state index contributed by atoms with van der Waals surface area (Å²) in [7, 11) is 3.95. The van der Waals surface area contributed by atoms with Gasteiger partial charge in [0.05, 0.1) is 16.9 Å². The van der Waals surface area contributed by atoms with E-state index in [0.29, 0.717) is 12.2 Å². The normalized spacial score (nSPS) is 15.2. The molecule has 3 rings (SSSR count). The Hall–Kier alpha value is -1.66. The number of rotatable bonds is 3. The van der Waals surface area contributed by atoms with Gasteiger partial charge in [0, 0.05) is 22.4 Å². The Bertz CT molecular complexity index is 743. The minimum Gasteiger partial charge on any atom is -0.338 e. The molecule has 1 aliphatic heterocycles. The van der Waals surface area contributed by atoms with Gasteiger partial charge in [-0.25, -0.2) is 0 Å². The van der Waals surface area contributed by atoms with Gasteiger partial charge in [-0.05, 0) is 51.4 Å². The van der Waals surface area contributed by atoms with Crippen LogP contribution in [0.15, 0.2) is 52.3 Å². The van der Waals surface area contributed by atoms with Gasteiger partial charge in [0.25, 0.3) is 0 Å². The summed E-state index contributed by atoms with van der Waals surface area (Å²) >= 11 is 1.52. The van der Waals surface area contributed by atoms with Gasteiger partial charge in [-0.15, -0.1) is 0 Å². The summed E-state index contributed by atoms with van der Waals surface area (Å²) in [5.41, 5.74) is 0.981. The Morgan fingerprint density at radius 1 is 1.04 bits per heavy atom. The lowest BCUT2D eigenvalue weighted by molar-refractivity contribution is -0.137. The van der Waals surface area contributed by atoms with Crippen LogP contribution in [-0.2, 0) is 6.18 Å². The van der Waals surface area contributed by atoms with Gasteiger partial charge < -0.3 is 9.80 Å². The van der Waals surface area contributed by atoms with E-state index in [2.05, 4.69) is 11.8 Å². The fourth-order valence-corrected chi connectivity index (χ4v) is 3.71. The zero-order chi connectivity index (χ0) is 17.5. The van der Waals surface area contributed by atoms with Gasteiger partial charge in [0.1, 0.15) is 0 Å². The fraction of sp³-hybridized carbons (Fsp3) is 0.333. The van der Waals surface area contributed by atoms with Crippen molar-refractivity contribution in [1.82, 2.24) is 4.90 Å². The van der Waals surface area contributed by atoms with Crippen molar-refractivity contribution < 1.29 is 13.2 Å². The summed E-state index contributed by atoms with van der Waals surface area (Å²) in [5.74, 6) is 0. The van der Waals surface area contributed by atoms with E-state index in [9.17, 15) is 13.2 Å². The lowest BCUT2D eigenvalue weighted by Crippen LogP contribution is -2.37. The topological polar surface area (TPSA) is 6.48 Å². The number of fused-ring (bicyclic) bond motifs is 2. The number of hydrogen-bond donors (Lipinski definition) is 0. The molecule has 0 fully saturated rings. The molecule has 0 N–H and O–H groups in total. The molecular formula is C18H19F3N2S. The third kappa shape index (κ3) is 3.26. The molecule has 0 amide bonds. The molecule has 2 aromatic carbocycles. The molecule has 0 saturated heterocycles. The number of hydrogen-bond acceptors (Lipinski definition) is 3. The van der Waals surface area contributed by atoms with E-state index >= 15 is 0 Å². The monoisotopic (exact) mass is 352 g/mol. The molecule has 0 unspecified atom stereocenters. The first kappa shape index (κ1) is 17.2. The molecule has 0 aromatic heterocycles. The van der Waals surface area contributed by atoms with Crippen molar-refractivity contribution in [2.24, 2.45) is 0 Å². The predicted molar refractivity (Wildman–Crippen MR) is 92.2 cm³/mol. The molecule has 2 aromatic rings. The minimum atomic E-state index is -4.34. The Labute approximate surface area is 144 Å². The summed E-state index contributed by atoms with van der Waals surface area (Å²) in [6.07, 6.45) is -4.34. The van der Waals surface area contributed by atoms with Gasteiger partial charge in [0.2, 0.25) is 0 Å². The Kier molecular flexibility index (Phi) is 4.53. The molecular weight excluding hydrogens is 333 g/mol. The zero-order valence-corrected chi connectivity index (χ0v) is 14.6. The van der Waals surface area contributed by atoms with Crippen LogP contribution in [0.25, 0.3) is 0 Å². The highest BCUT2D eigenvalue weighted by atomic mass is 32.2. The lowest BCUT2D eigenvalue weighted by Gasteiger charge is -2.36. The maximum atomic E-state index is 13.1. The number of anilines is 2. The van der Waals surface area contributed by atoms with Crippen LogP contribution in [0.3, 0.4) is 0 Å². The molecule has 1 atom stereocenters. The quantitative estimate of drug-likeness (QED) is 0.744. The van der Waals surface area contributed by atoms with Crippen LogP contribution in [0.5, 0.6) is 0 Å². The number of likely N-dealkylation sites (N-methyl/N-ethyl adjacent to an activating group) is 1. The van der Waals surface area contributed by atoms with Crippen molar-refractivity contribution in [2.75, 3.05) is 25.5 Å². The number of alkyl halides is 3. The van der Waals surface area contributed by atoms with E-state index in [4.69, 9.17) is 0 Å². The maximum absolute atomic E-state index is 13.1. The first-order valence-corrected chi connectivity index (χ1v) is 8.51. The van der Waals surface area contributed by atoms with Crippen LogP contribution in [-0.4, -0.2) is 31.6 Å². The van der Waals surface area contributed by atoms with Gasteiger partial charge in [-0.2, -0.15) is 13.2 Å². The Balaban J connectivity index is 2.09. The van der Waals surface area contributed by atoms with Gasteiger partial charge in [-0.3, -0.25) is 0 Å². The summed E-state index contributed by atoms with van der Waals surface area (Å²) < 4.78 is 39.4. The smallest absolute Gasteiger partial charge is 0.338 e. The average molecular weight is 352 g/mol. The van der Waals surface area contributed by atoms with Gasteiger partial charge in [0.15, 0.2) is 0 Å². The van der Waals surface area contributed by atoms with Crippen LogP contribution < -0.4 is 4.90 Å². The van der Waals surface area contributed by atoms with E-state index in [-0.39, 0.29) is 6.04 Å². The standard InChI is InChI=1S/C18H19F3N2S/c1-12(22(2)3)11-23-14-6-4-5-7-16(14)24-17-9-8-13(10-15(17)23)18(19,20)21/h4-10,12H,11H2,1-3H3/t12-/m1/s1. The molecule has 0 radical (unpaired) electrons. The van der Waals surface area contributed by atoms with E-state index in [1.54, 1.807) is 6.07 Å². The lowest BCUT2D eigenvalue weighted by atomic mass is 10.1.